The molecule has 0 fully saturated rings. The predicted molar refractivity (Wildman–Crippen MR) is 56.7 cm³/mol. The third-order valence-electron chi connectivity index (χ3n) is 2.19. The molecule has 1 atom stereocenters. The van der Waals surface area contributed by atoms with Crippen molar-refractivity contribution in [2.24, 2.45) is 5.41 Å². The molecular weight excluding hydrogens is 195 g/mol. The molecule has 3 heteroatoms. The number of hydrogen-bond donors (Lipinski definition) is 1. The van der Waals surface area contributed by atoms with E-state index in [2.05, 4.69) is 0 Å². The van der Waals surface area contributed by atoms with Crippen molar-refractivity contribution in [2.75, 3.05) is 0 Å². The average Bonchev–Trinajstić information content (AvgIpc) is 2.15. The minimum atomic E-state index is -1.16. The number of carboxylic acid groups (broad SMARTS) is 1. The first-order chi connectivity index (χ1) is 6.82. The molecule has 0 amide bonds. The molecule has 0 saturated carbocycles. The van der Waals surface area contributed by atoms with Crippen molar-refractivity contribution in [3.63, 3.8) is 0 Å². The quantitative estimate of drug-likeness (QED) is 0.811. The van der Waals surface area contributed by atoms with E-state index in [0.29, 0.717) is 5.56 Å². The fourth-order valence-electron chi connectivity index (χ4n) is 1.33. The fourth-order valence-corrected chi connectivity index (χ4v) is 1.33. The number of carboxylic acids is 1. The maximum atomic E-state index is 13.9. The number of alkyl halides is 1. The third-order valence-corrected chi connectivity index (χ3v) is 2.19. The summed E-state index contributed by atoms with van der Waals surface area (Å²) in [7, 11) is 0. The van der Waals surface area contributed by atoms with Gasteiger partial charge in [-0.2, -0.15) is 0 Å². The predicted octanol–water partition coefficient (Wildman–Crippen LogP) is 3.44. The standard InChI is InChI=1S/C12H15FO2/c1-12(2,3)10(13)8-5-4-6-9(7-8)11(14)15/h4-7,10H,1-3H3,(H,14,15). The molecule has 82 valence electrons. The summed E-state index contributed by atoms with van der Waals surface area (Å²) in [6.07, 6.45) is -1.16. The molecule has 0 radical (unpaired) electrons. The van der Waals surface area contributed by atoms with Gasteiger partial charge in [-0.1, -0.05) is 32.9 Å². The lowest BCUT2D eigenvalue weighted by atomic mass is 9.85. The van der Waals surface area contributed by atoms with Gasteiger partial charge in [-0.05, 0) is 23.1 Å². The Hall–Kier alpha value is -1.38. The first-order valence-electron chi connectivity index (χ1n) is 4.79. The van der Waals surface area contributed by atoms with E-state index in [1.54, 1.807) is 32.9 Å². The second kappa shape index (κ2) is 4.01. The summed E-state index contributed by atoms with van der Waals surface area (Å²) < 4.78 is 13.9. The zero-order valence-corrected chi connectivity index (χ0v) is 9.12. The number of rotatable bonds is 2. The van der Waals surface area contributed by atoms with Crippen LogP contribution >= 0.6 is 0 Å². The molecule has 0 aromatic heterocycles. The van der Waals surface area contributed by atoms with Gasteiger partial charge in [0.1, 0.15) is 6.17 Å². The maximum absolute atomic E-state index is 13.9. The number of carbonyl (C=O) groups is 1. The Morgan fingerprint density at radius 1 is 1.40 bits per heavy atom. The molecule has 0 saturated heterocycles. The van der Waals surface area contributed by atoms with Crippen LogP contribution in [0.25, 0.3) is 0 Å². The summed E-state index contributed by atoms with van der Waals surface area (Å²) in [5.41, 5.74) is 0.0266. The van der Waals surface area contributed by atoms with Crippen molar-refractivity contribution in [3.05, 3.63) is 35.4 Å². The van der Waals surface area contributed by atoms with Crippen LogP contribution in [0.5, 0.6) is 0 Å². The van der Waals surface area contributed by atoms with Crippen molar-refractivity contribution in [1.29, 1.82) is 0 Å². The Morgan fingerprint density at radius 3 is 2.47 bits per heavy atom. The monoisotopic (exact) mass is 210 g/mol. The highest BCUT2D eigenvalue weighted by Crippen LogP contribution is 2.36. The number of aromatic carboxylic acids is 1. The van der Waals surface area contributed by atoms with E-state index in [4.69, 9.17) is 5.11 Å². The van der Waals surface area contributed by atoms with Gasteiger partial charge in [0.05, 0.1) is 5.56 Å². The van der Waals surface area contributed by atoms with Crippen molar-refractivity contribution < 1.29 is 14.3 Å². The van der Waals surface area contributed by atoms with Gasteiger partial charge in [-0.25, -0.2) is 9.18 Å². The van der Waals surface area contributed by atoms with Crippen molar-refractivity contribution >= 4 is 5.97 Å². The molecule has 2 nitrogen and oxygen atoms in total. The van der Waals surface area contributed by atoms with Crippen LogP contribution in [0.4, 0.5) is 4.39 Å². The van der Waals surface area contributed by atoms with Crippen molar-refractivity contribution in [1.82, 2.24) is 0 Å². The zero-order chi connectivity index (χ0) is 11.6. The summed E-state index contributed by atoms with van der Waals surface area (Å²) in [6.45, 7) is 5.35. The van der Waals surface area contributed by atoms with Gasteiger partial charge >= 0.3 is 5.97 Å². The Balaban J connectivity index is 3.06. The fraction of sp³-hybridized carbons (Fsp3) is 0.417. The summed E-state index contributed by atoms with van der Waals surface area (Å²) in [6, 6.07) is 6.03. The second-order valence-electron chi connectivity index (χ2n) is 4.66. The van der Waals surface area contributed by atoms with E-state index in [1.165, 1.54) is 12.1 Å². The number of hydrogen-bond acceptors (Lipinski definition) is 1. The van der Waals surface area contributed by atoms with Gasteiger partial charge in [0.2, 0.25) is 0 Å². The third kappa shape index (κ3) is 2.78. The molecule has 0 aliphatic heterocycles. The molecule has 0 heterocycles. The van der Waals surface area contributed by atoms with Crippen molar-refractivity contribution in [3.8, 4) is 0 Å². The van der Waals surface area contributed by atoms with Crippen molar-refractivity contribution in [2.45, 2.75) is 26.9 Å². The van der Waals surface area contributed by atoms with E-state index < -0.39 is 17.6 Å². The van der Waals surface area contributed by atoms with Gasteiger partial charge in [0, 0.05) is 0 Å². The van der Waals surface area contributed by atoms with Gasteiger partial charge in [0.25, 0.3) is 0 Å². The maximum Gasteiger partial charge on any atom is 0.335 e. The molecule has 0 spiro atoms. The van der Waals surface area contributed by atoms with Crippen LogP contribution in [0.15, 0.2) is 24.3 Å². The van der Waals surface area contributed by atoms with Gasteiger partial charge in [-0.3, -0.25) is 0 Å². The number of benzene rings is 1. The summed E-state index contributed by atoms with van der Waals surface area (Å²) in [4.78, 5) is 10.7. The van der Waals surface area contributed by atoms with Crippen LogP contribution in [-0.4, -0.2) is 11.1 Å². The Kier molecular flexibility index (Phi) is 3.12. The minimum absolute atomic E-state index is 0.124. The highest BCUT2D eigenvalue weighted by Gasteiger charge is 2.26. The van der Waals surface area contributed by atoms with Gasteiger partial charge < -0.3 is 5.11 Å². The molecule has 1 N–H and O–H groups in total. The molecule has 1 aromatic rings. The molecular formula is C12H15FO2. The minimum Gasteiger partial charge on any atom is -0.478 e. The smallest absolute Gasteiger partial charge is 0.335 e. The molecule has 15 heavy (non-hydrogen) atoms. The highest BCUT2D eigenvalue weighted by molar-refractivity contribution is 5.87. The largest absolute Gasteiger partial charge is 0.478 e. The van der Waals surface area contributed by atoms with E-state index in [1.807, 2.05) is 0 Å². The normalized spacial score (nSPS) is 13.6. The molecule has 1 aromatic carbocycles. The molecule has 0 aliphatic carbocycles. The first-order valence-corrected chi connectivity index (χ1v) is 4.79. The molecule has 1 rings (SSSR count). The SMILES string of the molecule is CC(C)(C)C(F)c1cccc(C(=O)O)c1. The lowest BCUT2D eigenvalue weighted by Gasteiger charge is -2.24. The molecule has 1 unspecified atom stereocenters. The Labute approximate surface area is 88.7 Å². The summed E-state index contributed by atoms with van der Waals surface area (Å²) >= 11 is 0. The number of halogens is 1. The lowest BCUT2D eigenvalue weighted by Crippen LogP contribution is -2.14. The van der Waals surface area contributed by atoms with Gasteiger partial charge in [-0.15, -0.1) is 0 Å². The lowest BCUT2D eigenvalue weighted by molar-refractivity contribution is 0.0696. The molecule has 0 bridgehead atoms. The van der Waals surface area contributed by atoms with Crippen LogP contribution in [0.1, 0.15) is 42.9 Å². The van der Waals surface area contributed by atoms with Crippen LogP contribution in [0.3, 0.4) is 0 Å². The Bertz CT molecular complexity index is 366. The van der Waals surface area contributed by atoms with Gasteiger partial charge in [0.15, 0.2) is 0 Å². The topological polar surface area (TPSA) is 37.3 Å². The Morgan fingerprint density at radius 2 is 2.00 bits per heavy atom. The second-order valence-corrected chi connectivity index (χ2v) is 4.66. The van der Waals surface area contributed by atoms with E-state index in [-0.39, 0.29) is 5.56 Å². The highest BCUT2D eigenvalue weighted by atomic mass is 19.1. The van der Waals surface area contributed by atoms with Crippen LogP contribution < -0.4 is 0 Å². The van der Waals surface area contributed by atoms with E-state index in [0.717, 1.165) is 0 Å². The van der Waals surface area contributed by atoms with E-state index in [9.17, 15) is 9.18 Å². The van der Waals surface area contributed by atoms with E-state index >= 15 is 0 Å². The zero-order valence-electron chi connectivity index (χ0n) is 9.12. The molecule has 0 aliphatic rings. The van der Waals surface area contributed by atoms with Crippen LogP contribution in [0, 0.1) is 5.41 Å². The van der Waals surface area contributed by atoms with Crippen LogP contribution in [-0.2, 0) is 0 Å². The average molecular weight is 210 g/mol. The first kappa shape index (κ1) is 11.7. The summed E-state index contributed by atoms with van der Waals surface area (Å²) in [5.74, 6) is -1.03. The summed E-state index contributed by atoms with van der Waals surface area (Å²) in [5, 5.41) is 8.77. The van der Waals surface area contributed by atoms with Crippen LogP contribution in [0.2, 0.25) is 0 Å².